The second kappa shape index (κ2) is 69.5. The van der Waals surface area contributed by atoms with Gasteiger partial charge in [-0.2, -0.15) is 0 Å². The Bertz CT molecular complexity index is 1840. The number of carbonyl (C=O) groups excluding carboxylic acids is 3. The van der Waals surface area contributed by atoms with Crippen molar-refractivity contribution in [2.24, 2.45) is 0 Å². The molecular formula is C77H124O6. The van der Waals surface area contributed by atoms with Gasteiger partial charge in [0.2, 0.25) is 0 Å². The molecule has 0 saturated heterocycles. The molecule has 0 aromatic carbocycles. The van der Waals surface area contributed by atoms with Crippen molar-refractivity contribution in [3.63, 3.8) is 0 Å². The minimum atomic E-state index is -0.804. The quantitative estimate of drug-likeness (QED) is 0.0261. The van der Waals surface area contributed by atoms with Crippen molar-refractivity contribution < 1.29 is 28.6 Å². The molecular weight excluding hydrogens is 1020 g/mol. The fourth-order valence-electron chi connectivity index (χ4n) is 8.91. The van der Waals surface area contributed by atoms with Crippen molar-refractivity contribution >= 4 is 17.9 Å². The minimum Gasteiger partial charge on any atom is -0.462 e. The number of esters is 3. The second-order valence-electron chi connectivity index (χ2n) is 22.0. The van der Waals surface area contributed by atoms with Crippen molar-refractivity contribution in [2.45, 2.75) is 297 Å². The predicted molar refractivity (Wildman–Crippen MR) is 362 cm³/mol. The summed E-state index contributed by atoms with van der Waals surface area (Å²) in [6, 6.07) is 0. The first-order valence-electron chi connectivity index (χ1n) is 34.0. The molecule has 0 spiro atoms. The number of hydrogen-bond acceptors (Lipinski definition) is 6. The Kier molecular flexibility index (Phi) is 65.4. The van der Waals surface area contributed by atoms with E-state index in [1.807, 2.05) is 0 Å². The largest absolute Gasteiger partial charge is 0.462 e. The normalized spacial score (nSPS) is 13.1. The summed E-state index contributed by atoms with van der Waals surface area (Å²) in [7, 11) is 0. The molecule has 0 rings (SSSR count). The van der Waals surface area contributed by atoms with Crippen LogP contribution in [0.3, 0.4) is 0 Å². The van der Waals surface area contributed by atoms with Gasteiger partial charge in [-0.15, -0.1) is 0 Å². The van der Waals surface area contributed by atoms with Gasteiger partial charge in [-0.25, -0.2) is 0 Å². The second-order valence-corrected chi connectivity index (χ2v) is 22.0. The van der Waals surface area contributed by atoms with Gasteiger partial charge in [-0.3, -0.25) is 14.4 Å². The van der Waals surface area contributed by atoms with Gasteiger partial charge in [0.05, 0.1) is 0 Å². The molecule has 0 N–H and O–H groups in total. The first-order chi connectivity index (χ1) is 41.0. The van der Waals surface area contributed by atoms with E-state index in [9.17, 15) is 14.4 Å². The Hall–Kier alpha value is -4.97. The first kappa shape index (κ1) is 78.0. The number of rotatable bonds is 60. The third-order valence-corrected chi connectivity index (χ3v) is 14.0. The van der Waals surface area contributed by atoms with E-state index < -0.39 is 6.10 Å². The summed E-state index contributed by atoms with van der Waals surface area (Å²) in [6.45, 7) is 6.42. The molecule has 0 aromatic heterocycles. The van der Waals surface area contributed by atoms with Crippen LogP contribution in [0.4, 0.5) is 0 Å². The van der Waals surface area contributed by atoms with Crippen molar-refractivity contribution in [1.29, 1.82) is 0 Å². The molecule has 0 amide bonds. The Balaban J connectivity index is 4.35. The number of carbonyl (C=O) groups is 3. The highest BCUT2D eigenvalue weighted by Gasteiger charge is 2.19. The van der Waals surface area contributed by atoms with E-state index in [1.165, 1.54) is 83.5 Å². The molecule has 0 aliphatic heterocycles. The van der Waals surface area contributed by atoms with Crippen LogP contribution < -0.4 is 0 Å². The minimum absolute atomic E-state index is 0.0997. The van der Waals surface area contributed by atoms with Crippen LogP contribution in [0.5, 0.6) is 0 Å². The Morgan fingerprint density at radius 1 is 0.253 bits per heavy atom. The Morgan fingerprint density at radius 2 is 0.494 bits per heavy atom. The van der Waals surface area contributed by atoms with Crippen LogP contribution in [0.25, 0.3) is 0 Å². The van der Waals surface area contributed by atoms with Gasteiger partial charge in [-0.1, -0.05) is 281 Å². The number of hydrogen-bond donors (Lipinski definition) is 0. The molecule has 0 saturated carbocycles. The molecule has 1 unspecified atom stereocenters. The van der Waals surface area contributed by atoms with Gasteiger partial charge in [-0.05, 0) is 148 Å². The molecule has 0 aromatic rings. The van der Waals surface area contributed by atoms with Crippen LogP contribution in [0.2, 0.25) is 0 Å². The van der Waals surface area contributed by atoms with Crippen LogP contribution in [-0.4, -0.2) is 37.2 Å². The third-order valence-electron chi connectivity index (χ3n) is 14.0. The maximum absolute atomic E-state index is 12.9. The smallest absolute Gasteiger partial charge is 0.306 e. The van der Waals surface area contributed by atoms with E-state index in [4.69, 9.17) is 14.2 Å². The average Bonchev–Trinajstić information content (AvgIpc) is 3.49. The number of unbranched alkanes of at least 4 members (excludes halogenated alkanes) is 23. The van der Waals surface area contributed by atoms with Gasteiger partial charge in [0.1, 0.15) is 13.2 Å². The lowest BCUT2D eigenvalue weighted by Crippen LogP contribution is -2.30. The van der Waals surface area contributed by atoms with Crippen molar-refractivity contribution in [1.82, 2.24) is 0 Å². The van der Waals surface area contributed by atoms with Crippen molar-refractivity contribution in [3.8, 4) is 0 Å². The maximum atomic E-state index is 12.9. The molecule has 6 heteroatoms. The zero-order valence-corrected chi connectivity index (χ0v) is 53.7. The third kappa shape index (κ3) is 67.7. The fourth-order valence-corrected chi connectivity index (χ4v) is 8.91. The highest BCUT2D eigenvalue weighted by Crippen LogP contribution is 2.15. The summed E-state index contributed by atoms with van der Waals surface area (Å²) < 4.78 is 16.9. The first-order valence-corrected chi connectivity index (χ1v) is 34.0. The monoisotopic (exact) mass is 1140 g/mol. The van der Waals surface area contributed by atoms with Crippen molar-refractivity contribution in [3.05, 3.63) is 158 Å². The van der Waals surface area contributed by atoms with E-state index >= 15 is 0 Å². The predicted octanol–water partition coefficient (Wildman–Crippen LogP) is 23.7. The van der Waals surface area contributed by atoms with Gasteiger partial charge in [0.25, 0.3) is 0 Å². The summed E-state index contributed by atoms with van der Waals surface area (Å²) in [4.78, 5) is 38.3. The van der Waals surface area contributed by atoms with Gasteiger partial charge in [0.15, 0.2) is 6.10 Å². The van der Waals surface area contributed by atoms with Crippen LogP contribution >= 0.6 is 0 Å². The molecule has 0 aliphatic carbocycles. The molecule has 83 heavy (non-hydrogen) atoms. The maximum Gasteiger partial charge on any atom is 0.306 e. The van der Waals surface area contributed by atoms with Gasteiger partial charge < -0.3 is 14.2 Å². The Labute approximate surface area is 511 Å². The highest BCUT2D eigenvalue weighted by atomic mass is 16.6. The zero-order chi connectivity index (χ0) is 59.9. The highest BCUT2D eigenvalue weighted by molar-refractivity contribution is 5.71. The standard InChI is InChI=1S/C77H124O6/c1-4-7-10-13-16-19-22-25-27-29-30-31-32-33-34-35-36-37-38-39-40-41-42-43-44-45-46-48-49-52-55-58-61-64-67-70-76(79)82-73-74(72-81-75(78)69-66-63-60-57-54-51-24-21-18-15-12-9-6-3)83-77(80)71-68-65-62-59-56-53-50-47-28-26-23-20-17-14-11-8-5-2/h7,10,12,15-16,19,21,24-28,30-31,33-34,36-37,39-40,42-43,45-46,49,52,74H,4-6,8-9,11,13-14,17-18,20,22-23,29,32,35,38,41,44,47-48,50-51,53-73H2,1-3H3/b10-7-,15-12-,19-16-,24-21-,27-25-,28-26-,31-30-,34-33-,37-36-,40-39-,43-42-,46-45-,52-49-. The fraction of sp³-hybridized carbons (Fsp3) is 0.623. The van der Waals surface area contributed by atoms with E-state index in [1.54, 1.807) is 0 Å². The van der Waals surface area contributed by atoms with Crippen molar-refractivity contribution in [2.75, 3.05) is 13.2 Å². The van der Waals surface area contributed by atoms with E-state index in [2.05, 4.69) is 179 Å². The number of ether oxygens (including phenoxy) is 3. The lowest BCUT2D eigenvalue weighted by Gasteiger charge is -2.18. The van der Waals surface area contributed by atoms with Crippen LogP contribution in [0, 0.1) is 0 Å². The molecule has 0 bridgehead atoms. The van der Waals surface area contributed by atoms with Crippen LogP contribution in [-0.2, 0) is 28.6 Å². The summed E-state index contributed by atoms with van der Waals surface area (Å²) in [5, 5.41) is 0. The average molecular weight is 1150 g/mol. The molecule has 0 heterocycles. The van der Waals surface area contributed by atoms with Gasteiger partial charge >= 0.3 is 17.9 Å². The molecule has 0 fully saturated rings. The summed E-state index contributed by atoms with van der Waals surface area (Å²) in [6.07, 6.45) is 101. The molecule has 468 valence electrons. The van der Waals surface area contributed by atoms with E-state index in [0.29, 0.717) is 19.3 Å². The molecule has 1 atom stereocenters. The molecule has 0 radical (unpaired) electrons. The zero-order valence-electron chi connectivity index (χ0n) is 53.7. The SMILES string of the molecule is CC/C=C\C/C=C\C/C=C\C/C=C\C/C=C\C/C=C\C/C=C\C/C=C\C/C=C\C/C=C\CCCCCCC(=O)OCC(COC(=O)CCCCCCC/C=C\C/C=C\CCC)OC(=O)CCCCCCCCC/C=C\CCCCCCCC. The number of allylic oxidation sites excluding steroid dienone is 26. The van der Waals surface area contributed by atoms with Gasteiger partial charge in [0, 0.05) is 19.3 Å². The summed E-state index contributed by atoms with van der Waals surface area (Å²) in [5.41, 5.74) is 0. The van der Waals surface area contributed by atoms with Crippen LogP contribution in [0.1, 0.15) is 290 Å². The summed E-state index contributed by atoms with van der Waals surface area (Å²) >= 11 is 0. The Morgan fingerprint density at radius 3 is 0.795 bits per heavy atom. The lowest BCUT2D eigenvalue weighted by molar-refractivity contribution is -0.167. The topological polar surface area (TPSA) is 78.9 Å². The molecule has 6 nitrogen and oxygen atoms in total. The van der Waals surface area contributed by atoms with Crippen LogP contribution in [0.15, 0.2) is 158 Å². The summed E-state index contributed by atoms with van der Waals surface area (Å²) in [5.74, 6) is -0.943. The van der Waals surface area contributed by atoms with E-state index in [-0.39, 0.29) is 31.1 Å². The molecule has 0 aliphatic rings. The lowest BCUT2D eigenvalue weighted by atomic mass is 10.1. The van der Waals surface area contributed by atoms with E-state index in [0.717, 1.165) is 167 Å².